The van der Waals surface area contributed by atoms with E-state index in [0.717, 1.165) is 38.2 Å². The highest BCUT2D eigenvalue weighted by molar-refractivity contribution is 5.69. The minimum Gasteiger partial charge on any atom is -0.462 e. The molecule has 1 heterocycles. The van der Waals surface area contributed by atoms with Crippen molar-refractivity contribution in [2.45, 2.75) is 89.8 Å². The molecule has 2 rings (SSSR count). The molecule has 1 aliphatic carbocycles. The number of ether oxygens (including phenoxy) is 2. The predicted octanol–water partition coefficient (Wildman–Crippen LogP) is 3.85. The van der Waals surface area contributed by atoms with Crippen molar-refractivity contribution < 1.29 is 19.4 Å². The van der Waals surface area contributed by atoms with Gasteiger partial charge in [0.25, 0.3) is 0 Å². The maximum absolute atomic E-state index is 11.4. The number of unbranched alkanes of at least 4 members (excludes halogenated alkanes) is 2. The van der Waals surface area contributed by atoms with Crippen molar-refractivity contribution in [2.75, 3.05) is 13.2 Å². The minimum absolute atomic E-state index is 0.0516. The fourth-order valence-electron chi connectivity index (χ4n) is 4.02. The Labute approximate surface area is 140 Å². The summed E-state index contributed by atoms with van der Waals surface area (Å²) in [6, 6.07) is 0. The third kappa shape index (κ3) is 6.42. The largest absolute Gasteiger partial charge is 0.462 e. The highest BCUT2D eigenvalue weighted by atomic mass is 16.5. The molecule has 0 radical (unpaired) electrons. The number of aliphatic hydroxyl groups is 1. The summed E-state index contributed by atoms with van der Waals surface area (Å²) in [6.45, 7) is 3.08. The third-order valence-corrected chi connectivity index (χ3v) is 5.48. The first kappa shape index (κ1) is 18.7. The lowest BCUT2D eigenvalue weighted by atomic mass is 9.80. The van der Waals surface area contributed by atoms with Crippen molar-refractivity contribution in [3.05, 3.63) is 0 Å². The average molecular weight is 326 g/mol. The van der Waals surface area contributed by atoms with E-state index in [1.165, 1.54) is 38.5 Å². The second-order valence-electron chi connectivity index (χ2n) is 7.31. The third-order valence-electron chi connectivity index (χ3n) is 5.48. The molecule has 1 saturated carbocycles. The molecule has 4 heteroatoms. The number of esters is 1. The van der Waals surface area contributed by atoms with E-state index in [-0.39, 0.29) is 25.1 Å². The Hall–Kier alpha value is -0.610. The van der Waals surface area contributed by atoms with E-state index in [9.17, 15) is 4.79 Å². The molecule has 1 saturated heterocycles. The molecule has 2 fully saturated rings. The Bertz CT molecular complexity index is 328. The second-order valence-corrected chi connectivity index (χ2v) is 7.31. The lowest BCUT2D eigenvalue weighted by molar-refractivity contribution is -0.152. The molecule has 2 unspecified atom stereocenters. The Balaban J connectivity index is 1.62. The lowest BCUT2D eigenvalue weighted by Crippen LogP contribution is -2.35. The van der Waals surface area contributed by atoms with Crippen LogP contribution in [0, 0.1) is 11.8 Å². The SMILES string of the molecule is CCCCCC1CCC(C2CCC(OC(=O)CCO)CC2)OC1. The van der Waals surface area contributed by atoms with E-state index in [0.29, 0.717) is 12.0 Å². The van der Waals surface area contributed by atoms with Crippen LogP contribution < -0.4 is 0 Å². The number of carbonyl (C=O) groups is 1. The van der Waals surface area contributed by atoms with Crippen LogP contribution >= 0.6 is 0 Å². The molecule has 0 spiro atoms. The number of carbonyl (C=O) groups excluding carboxylic acids is 1. The Kier molecular flexibility index (Phi) is 8.38. The summed E-state index contributed by atoms with van der Waals surface area (Å²) in [5.74, 6) is 1.15. The smallest absolute Gasteiger partial charge is 0.308 e. The standard InChI is InChI=1S/C19H34O4/c1-2-3-4-5-15-6-11-18(22-14-15)16-7-9-17(10-8-16)23-19(21)12-13-20/h15-18,20H,2-14H2,1H3. The molecule has 4 nitrogen and oxygen atoms in total. The van der Waals surface area contributed by atoms with Gasteiger partial charge in [-0.2, -0.15) is 0 Å². The summed E-state index contributed by atoms with van der Waals surface area (Å²) < 4.78 is 11.6. The zero-order valence-electron chi connectivity index (χ0n) is 14.7. The van der Waals surface area contributed by atoms with E-state index < -0.39 is 0 Å². The van der Waals surface area contributed by atoms with Gasteiger partial charge in [0.2, 0.25) is 0 Å². The van der Waals surface area contributed by atoms with Gasteiger partial charge in [-0.05, 0) is 56.8 Å². The Morgan fingerprint density at radius 2 is 1.91 bits per heavy atom. The van der Waals surface area contributed by atoms with Crippen LogP contribution in [0.2, 0.25) is 0 Å². The molecule has 1 N–H and O–H groups in total. The van der Waals surface area contributed by atoms with Gasteiger partial charge in [0.1, 0.15) is 6.10 Å². The van der Waals surface area contributed by atoms with Gasteiger partial charge in [-0.25, -0.2) is 0 Å². The molecule has 0 aromatic carbocycles. The monoisotopic (exact) mass is 326 g/mol. The number of rotatable bonds is 8. The first-order valence-corrected chi connectivity index (χ1v) is 9.64. The fraction of sp³-hybridized carbons (Fsp3) is 0.947. The normalized spacial score (nSPS) is 31.7. The second kappa shape index (κ2) is 10.3. The highest BCUT2D eigenvalue weighted by Gasteiger charge is 2.32. The maximum Gasteiger partial charge on any atom is 0.308 e. The van der Waals surface area contributed by atoms with Crippen molar-refractivity contribution in [3.63, 3.8) is 0 Å². The highest BCUT2D eigenvalue weighted by Crippen LogP contribution is 2.35. The molecule has 134 valence electrons. The number of aliphatic hydroxyl groups excluding tert-OH is 1. The lowest BCUT2D eigenvalue weighted by Gasteiger charge is -2.37. The fourth-order valence-corrected chi connectivity index (χ4v) is 4.02. The summed E-state index contributed by atoms with van der Waals surface area (Å²) in [4.78, 5) is 11.4. The van der Waals surface area contributed by atoms with Crippen LogP contribution in [0.3, 0.4) is 0 Å². The Morgan fingerprint density at radius 1 is 1.13 bits per heavy atom. The van der Waals surface area contributed by atoms with E-state index >= 15 is 0 Å². The van der Waals surface area contributed by atoms with Gasteiger partial charge in [-0.15, -0.1) is 0 Å². The molecule has 0 bridgehead atoms. The topological polar surface area (TPSA) is 55.8 Å². The first-order chi connectivity index (χ1) is 11.2. The van der Waals surface area contributed by atoms with Gasteiger partial charge in [-0.3, -0.25) is 4.79 Å². The van der Waals surface area contributed by atoms with Crippen molar-refractivity contribution >= 4 is 5.97 Å². The summed E-state index contributed by atoms with van der Waals surface area (Å²) >= 11 is 0. The minimum atomic E-state index is -0.264. The van der Waals surface area contributed by atoms with E-state index in [4.69, 9.17) is 14.6 Å². The molecular weight excluding hydrogens is 292 g/mol. The van der Waals surface area contributed by atoms with Gasteiger partial charge in [0.15, 0.2) is 0 Å². The number of hydrogen-bond acceptors (Lipinski definition) is 4. The van der Waals surface area contributed by atoms with Gasteiger partial charge in [0.05, 0.1) is 19.1 Å². The van der Waals surface area contributed by atoms with Crippen LogP contribution in [0.1, 0.15) is 77.6 Å². The summed E-state index contributed by atoms with van der Waals surface area (Å²) in [6.07, 6.45) is 12.5. The van der Waals surface area contributed by atoms with Gasteiger partial charge in [-0.1, -0.05) is 26.2 Å². The molecule has 1 aliphatic heterocycles. The van der Waals surface area contributed by atoms with Gasteiger partial charge in [0, 0.05) is 6.61 Å². The van der Waals surface area contributed by atoms with E-state index in [1.54, 1.807) is 0 Å². The van der Waals surface area contributed by atoms with Crippen molar-refractivity contribution in [3.8, 4) is 0 Å². The summed E-state index contributed by atoms with van der Waals surface area (Å²) in [5, 5.41) is 8.75. The molecule has 0 aromatic rings. The average Bonchev–Trinajstić information content (AvgIpc) is 2.57. The van der Waals surface area contributed by atoms with Gasteiger partial charge >= 0.3 is 5.97 Å². The molecule has 0 amide bonds. The number of hydrogen-bond donors (Lipinski definition) is 1. The van der Waals surface area contributed by atoms with E-state index in [2.05, 4.69) is 6.92 Å². The van der Waals surface area contributed by atoms with Crippen molar-refractivity contribution in [2.24, 2.45) is 11.8 Å². The van der Waals surface area contributed by atoms with Crippen LogP contribution in [0.15, 0.2) is 0 Å². The molecular formula is C19H34O4. The maximum atomic E-state index is 11.4. The molecule has 2 atom stereocenters. The van der Waals surface area contributed by atoms with E-state index in [1.807, 2.05) is 0 Å². The first-order valence-electron chi connectivity index (χ1n) is 9.64. The van der Waals surface area contributed by atoms with Crippen LogP contribution in [-0.2, 0) is 14.3 Å². The van der Waals surface area contributed by atoms with Crippen LogP contribution in [0.4, 0.5) is 0 Å². The molecule has 0 aromatic heterocycles. The molecule has 2 aliphatic rings. The predicted molar refractivity (Wildman–Crippen MR) is 90.1 cm³/mol. The summed E-state index contributed by atoms with van der Waals surface area (Å²) in [5.41, 5.74) is 0. The van der Waals surface area contributed by atoms with Crippen LogP contribution in [0.25, 0.3) is 0 Å². The van der Waals surface area contributed by atoms with Gasteiger partial charge < -0.3 is 14.6 Å². The van der Waals surface area contributed by atoms with Crippen LogP contribution in [-0.4, -0.2) is 36.5 Å². The molecule has 23 heavy (non-hydrogen) atoms. The Morgan fingerprint density at radius 3 is 2.52 bits per heavy atom. The van der Waals surface area contributed by atoms with Crippen LogP contribution in [0.5, 0.6) is 0 Å². The zero-order valence-corrected chi connectivity index (χ0v) is 14.7. The van der Waals surface area contributed by atoms with Crippen molar-refractivity contribution in [1.82, 2.24) is 0 Å². The quantitative estimate of drug-likeness (QED) is 0.544. The summed E-state index contributed by atoms with van der Waals surface area (Å²) in [7, 11) is 0. The van der Waals surface area contributed by atoms with Crippen molar-refractivity contribution in [1.29, 1.82) is 0 Å². The zero-order chi connectivity index (χ0) is 16.5.